The van der Waals surface area contributed by atoms with Crippen LogP contribution in [0.2, 0.25) is 0 Å². The second-order valence-electron chi connectivity index (χ2n) is 5.95. The van der Waals surface area contributed by atoms with E-state index in [1.54, 1.807) is 0 Å². The Morgan fingerprint density at radius 1 is 1.27 bits per heavy atom. The van der Waals surface area contributed by atoms with Crippen molar-refractivity contribution in [1.29, 1.82) is 0 Å². The minimum atomic E-state index is -0.706. The molecule has 2 aliphatic rings. The third-order valence-electron chi connectivity index (χ3n) is 4.35. The van der Waals surface area contributed by atoms with Gasteiger partial charge in [-0.1, -0.05) is 20.8 Å². The van der Waals surface area contributed by atoms with Crippen molar-refractivity contribution in [2.75, 3.05) is 0 Å². The fraction of sp³-hybridized carbons (Fsp3) is 1.00. The number of aliphatic hydroxyl groups excluding tert-OH is 2. The van der Waals surface area contributed by atoms with Crippen LogP contribution in [0.3, 0.4) is 0 Å². The van der Waals surface area contributed by atoms with Crippen molar-refractivity contribution in [3.05, 3.63) is 0 Å². The normalized spacial score (nSPS) is 49.8. The van der Waals surface area contributed by atoms with Gasteiger partial charge in [-0.25, -0.2) is 0 Å². The van der Waals surface area contributed by atoms with E-state index in [0.29, 0.717) is 12.3 Å². The van der Waals surface area contributed by atoms with Crippen LogP contribution in [0.15, 0.2) is 0 Å². The molecule has 1 aliphatic carbocycles. The van der Waals surface area contributed by atoms with Crippen LogP contribution in [0.4, 0.5) is 0 Å². The van der Waals surface area contributed by atoms with E-state index in [9.17, 15) is 10.2 Å². The van der Waals surface area contributed by atoms with E-state index >= 15 is 0 Å². The van der Waals surface area contributed by atoms with E-state index in [0.717, 1.165) is 19.3 Å². The van der Waals surface area contributed by atoms with Gasteiger partial charge < -0.3 is 14.9 Å². The molecule has 1 aliphatic heterocycles. The summed E-state index contributed by atoms with van der Waals surface area (Å²) in [5.74, 6) is 0.558. The maximum absolute atomic E-state index is 10.2. The second-order valence-corrected chi connectivity index (χ2v) is 5.95. The molecule has 3 heteroatoms. The molecule has 0 bridgehead atoms. The molecule has 3 nitrogen and oxygen atoms in total. The van der Waals surface area contributed by atoms with Crippen LogP contribution in [0.1, 0.15) is 46.5 Å². The van der Waals surface area contributed by atoms with Gasteiger partial charge in [-0.15, -0.1) is 0 Å². The first kappa shape index (κ1) is 11.4. The molecule has 0 aromatic heterocycles. The summed E-state index contributed by atoms with van der Waals surface area (Å²) in [4.78, 5) is 0. The molecule has 0 aromatic rings. The zero-order chi connectivity index (χ0) is 11.3. The summed E-state index contributed by atoms with van der Waals surface area (Å²) in [7, 11) is 0. The summed E-state index contributed by atoms with van der Waals surface area (Å²) >= 11 is 0. The van der Waals surface area contributed by atoms with Gasteiger partial charge in [0.2, 0.25) is 0 Å². The Balaban J connectivity index is 2.25. The van der Waals surface area contributed by atoms with E-state index < -0.39 is 18.0 Å². The smallest absolute Gasteiger partial charge is 0.156 e. The predicted molar refractivity (Wildman–Crippen MR) is 57.2 cm³/mol. The van der Waals surface area contributed by atoms with Gasteiger partial charge in [0.15, 0.2) is 6.29 Å². The molecule has 0 amide bonds. The van der Waals surface area contributed by atoms with E-state index in [2.05, 4.69) is 20.8 Å². The Kier molecular flexibility index (Phi) is 2.61. The molecule has 1 spiro atoms. The molecular weight excluding hydrogens is 192 g/mol. The maximum atomic E-state index is 10.2. The minimum absolute atomic E-state index is 0.133. The Bertz CT molecular complexity index is 251. The van der Waals surface area contributed by atoms with Crippen LogP contribution >= 0.6 is 0 Å². The lowest BCUT2D eigenvalue weighted by atomic mass is 9.64. The van der Waals surface area contributed by atoms with Gasteiger partial charge in [-0.2, -0.15) is 0 Å². The van der Waals surface area contributed by atoms with Gasteiger partial charge in [0.1, 0.15) is 5.60 Å². The zero-order valence-corrected chi connectivity index (χ0v) is 9.86. The molecule has 1 saturated carbocycles. The van der Waals surface area contributed by atoms with Crippen LogP contribution in [-0.2, 0) is 4.74 Å². The quantitative estimate of drug-likeness (QED) is 0.645. The van der Waals surface area contributed by atoms with Crippen LogP contribution in [0.25, 0.3) is 0 Å². The molecule has 15 heavy (non-hydrogen) atoms. The molecular formula is C12H22O3. The highest BCUT2D eigenvalue weighted by Crippen LogP contribution is 2.53. The number of ether oxygens (including phenoxy) is 1. The van der Waals surface area contributed by atoms with Crippen molar-refractivity contribution < 1.29 is 14.9 Å². The average molecular weight is 214 g/mol. The molecule has 2 rings (SSSR count). The third-order valence-corrected chi connectivity index (χ3v) is 4.35. The minimum Gasteiger partial charge on any atom is -0.390 e. The molecule has 88 valence electrons. The van der Waals surface area contributed by atoms with Crippen LogP contribution in [-0.4, -0.2) is 28.2 Å². The van der Waals surface area contributed by atoms with E-state index in [1.165, 1.54) is 0 Å². The van der Waals surface area contributed by atoms with E-state index in [-0.39, 0.29) is 5.41 Å². The first-order chi connectivity index (χ1) is 6.87. The largest absolute Gasteiger partial charge is 0.390 e. The summed E-state index contributed by atoms with van der Waals surface area (Å²) in [5.41, 5.74) is -0.648. The van der Waals surface area contributed by atoms with Crippen molar-refractivity contribution in [3.63, 3.8) is 0 Å². The van der Waals surface area contributed by atoms with Crippen molar-refractivity contribution in [2.24, 2.45) is 11.3 Å². The standard InChI is InChI=1S/C12H22O3/c1-8-4-5-12(9(13)6-8)11(2,3)7-10(14)15-12/h8-10,13-14H,4-7H2,1-3H3/t8-,9+,10?,12+/m1/s1. The highest BCUT2D eigenvalue weighted by molar-refractivity contribution is 5.07. The summed E-state index contributed by atoms with van der Waals surface area (Å²) in [6.07, 6.45) is 2.21. The fourth-order valence-corrected chi connectivity index (χ4v) is 3.30. The Hall–Kier alpha value is -0.120. The molecule has 1 saturated heterocycles. The van der Waals surface area contributed by atoms with Crippen molar-refractivity contribution in [2.45, 2.75) is 64.4 Å². The molecule has 0 aromatic carbocycles. The van der Waals surface area contributed by atoms with Crippen molar-refractivity contribution in [1.82, 2.24) is 0 Å². The SMILES string of the molecule is C[C@@H]1CC[C@]2(OC(O)CC2(C)C)[C@@H](O)C1. The lowest BCUT2D eigenvalue weighted by Gasteiger charge is -2.47. The Labute approximate surface area is 91.4 Å². The third kappa shape index (κ3) is 1.61. The summed E-state index contributed by atoms with van der Waals surface area (Å²) < 4.78 is 5.67. The number of aliphatic hydroxyl groups is 2. The summed E-state index contributed by atoms with van der Waals surface area (Å²) in [6, 6.07) is 0. The second kappa shape index (κ2) is 3.44. The van der Waals surface area contributed by atoms with Gasteiger partial charge in [-0.05, 0) is 25.2 Å². The number of hydrogen-bond acceptors (Lipinski definition) is 3. The molecule has 1 heterocycles. The fourth-order valence-electron chi connectivity index (χ4n) is 3.30. The van der Waals surface area contributed by atoms with Gasteiger partial charge in [-0.3, -0.25) is 0 Å². The Morgan fingerprint density at radius 3 is 2.40 bits per heavy atom. The van der Waals surface area contributed by atoms with Gasteiger partial charge >= 0.3 is 0 Å². The highest BCUT2D eigenvalue weighted by atomic mass is 16.6. The zero-order valence-electron chi connectivity index (χ0n) is 9.86. The predicted octanol–water partition coefficient (Wildman–Crippen LogP) is 1.67. The number of hydrogen-bond donors (Lipinski definition) is 2. The van der Waals surface area contributed by atoms with Gasteiger partial charge in [0, 0.05) is 11.8 Å². The van der Waals surface area contributed by atoms with E-state index in [1.807, 2.05) is 0 Å². The van der Waals surface area contributed by atoms with Gasteiger partial charge in [0.05, 0.1) is 6.10 Å². The first-order valence-electron chi connectivity index (χ1n) is 5.91. The molecule has 2 N–H and O–H groups in total. The molecule has 0 radical (unpaired) electrons. The molecule has 1 unspecified atom stereocenters. The van der Waals surface area contributed by atoms with Crippen molar-refractivity contribution >= 4 is 0 Å². The summed E-state index contributed by atoms with van der Waals surface area (Å²) in [5, 5.41) is 19.9. The van der Waals surface area contributed by atoms with Gasteiger partial charge in [0.25, 0.3) is 0 Å². The monoisotopic (exact) mass is 214 g/mol. The number of rotatable bonds is 0. The Morgan fingerprint density at radius 2 is 1.93 bits per heavy atom. The topological polar surface area (TPSA) is 49.7 Å². The van der Waals surface area contributed by atoms with Crippen molar-refractivity contribution in [3.8, 4) is 0 Å². The van der Waals surface area contributed by atoms with Crippen LogP contribution < -0.4 is 0 Å². The molecule has 4 atom stereocenters. The maximum Gasteiger partial charge on any atom is 0.156 e. The highest BCUT2D eigenvalue weighted by Gasteiger charge is 2.59. The van der Waals surface area contributed by atoms with E-state index in [4.69, 9.17) is 4.74 Å². The van der Waals surface area contributed by atoms with Crippen LogP contribution in [0.5, 0.6) is 0 Å². The lowest BCUT2D eigenvalue weighted by Crippen LogP contribution is -2.54. The lowest BCUT2D eigenvalue weighted by molar-refractivity contribution is -0.212. The molecule has 2 fully saturated rings. The van der Waals surface area contributed by atoms with Crippen LogP contribution in [0, 0.1) is 11.3 Å². The first-order valence-corrected chi connectivity index (χ1v) is 5.91. The average Bonchev–Trinajstić information content (AvgIpc) is 2.30. The summed E-state index contributed by atoms with van der Waals surface area (Å²) in [6.45, 7) is 6.33.